The van der Waals surface area contributed by atoms with E-state index in [0.717, 1.165) is 24.3 Å². The van der Waals surface area contributed by atoms with Crippen molar-refractivity contribution >= 4 is 6.21 Å². The van der Waals surface area contributed by atoms with Crippen molar-refractivity contribution in [2.45, 2.75) is 39.8 Å². The van der Waals surface area contributed by atoms with E-state index in [-0.39, 0.29) is 6.04 Å². The van der Waals surface area contributed by atoms with Crippen LogP contribution in [-0.2, 0) is 6.54 Å². The van der Waals surface area contributed by atoms with Gasteiger partial charge in [0.05, 0.1) is 11.7 Å². The molecule has 1 aromatic heterocycles. The second kappa shape index (κ2) is 13.0. The van der Waals surface area contributed by atoms with E-state index in [1.807, 2.05) is 12.3 Å². The molecule has 202 valence electrons. The van der Waals surface area contributed by atoms with Crippen LogP contribution < -0.4 is 10.2 Å². The molecule has 4 nitrogen and oxygen atoms in total. The number of ether oxygens (including phenoxy) is 1. The zero-order chi connectivity index (χ0) is 27.7. The van der Waals surface area contributed by atoms with Gasteiger partial charge in [0, 0.05) is 29.6 Å². The Bertz CT molecular complexity index is 1550. The van der Waals surface area contributed by atoms with Gasteiger partial charge in [-0.05, 0) is 60.7 Å². The van der Waals surface area contributed by atoms with Crippen molar-refractivity contribution in [1.82, 2.24) is 9.99 Å². The van der Waals surface area contributed by atoms with Crippen molar-refractivity contribution in [3.63, 3.8) is 0 Å². The van der Waals surface area contributed by atoms with E-state index in [4.69, 9.17) is 4.74 Å². The lowest BCUT2D eigenvalue weighted by molar-refractivity contribution is 0.275. The maximum atomic E-state index is 6.15. The standard InChI is InChI=1S/C36H37N3O/c1-4-23-37-38-27(3)26-40-31-20-14-19-30(24-31)32-21-12-13-22-33(32)35-25-34(28-15-8-6-9-16-28)36(39(35)5-2)29-17-10-7-11-18-29/h6-25,27,38H,4-5,26H2,1-3H3/b37-23-. The molecule has 1 unspecified atom stereocenters. The molecule has 0 bridgehead atoms. The third-order valence-electron chi connectivity index (χ3n) is 6.96. The maximum Gasteiger partial charge on any atom is 0.120 e. The summed E-state index contributed by atoms with van der Waals surface area (Å²) in [6.07, 6.45) is 2.77. The van der Waals surface area contributed by atoms with Gasteiger partial charge >= 0.3 is 0 Å². The van der Waals surface area contributed by atoms with Gasteiger partial charge < -0.3 is 14.7 Å². The molecule has 0 saturated heterocycles. The van der Waals surface area contributed by atoms with Gasteiger partial charge in [0.2, 0.25) is 0 Å². The molecule has 0 spiro atoms. The van der Waals surface area contributed by atoms with Crippen LogP contribution in [0.5, 0.6) is 5.75 Å². The quantitative estimate of drug-likeness (QED) is 0.138. The first-order chi connectivity index (χ1) is 19.7. The number of aromatic nitrogens is 1. The Morgan fingerprint density at radius 3 is 2.08 bits per heavy atom. The van der Waals surface area contributed by atoms with Crippen LogP contribution in [0.1, 0.15) is 27.2 Å². The minimum absolute atomic E-state index is 0.111. The Labute approximate surface area is 238 Å². The highest BCUT2D eigenvalue weighted by Gasteiger charge is 2.20. The number of hydrogen-bond donors (Lipinski definition) is 1. The van der Waals surface area contributed by atoms with Gasteiger partial charge in [-0.1, -0.05) is 104 Å². The third kappa shape index (κ3) is 6.02. The summed E-state index contributed by atoms with van der Waals surface area (Å²) in [5.41, 5.74) is 12.7. The number of hydrazone groups is 1. The van der Waals surface area contributed by atoms with Crippen molar-refractivity contribution in [3.05, 3.63) is 115 Å². The summed E-state index contributed by atoms with van der Waals surface area (Å²) in [7, 11) is 0. The summed E-state index contributed by atoms with van der Waals surface area (Å²) < 4.78 is 8.59. The van der Waals surface area contributed by atoms with Gasteiger partial charge in [0.15, 0.2) is 0 Å². The van der Waals surface area contributed by atoms with Crippen LogP contribution in [0, 0.1) is 0 Å². The first-order valence-electron chi connectivity index (χ1n) is 14.1. The molecule has 0 aliphatic carbocycles. The van der Waals surface area contributed by atoms with Gasteiger partial charge in [-0.15, -0.1) is 0 Å². The molecule has 0 amide bonds. The summed E-state index contributed by atoms with van der Waals surface area (Å²) in [4.78, 5) is 0. The molecule has 1 atom stereocenters. The summed E-state index contributed by atoms with van der Waals surface area (Å²) in [5, 5.41) is 4.22. The highest BCUT2D eigenvalue weighted by atomic mass is 16.5. The van der Waals surface area contributed by atoms with Gasteiger partial charge in [-0.25, -0.2) is 0 Å². The smallest absolute Gasteiger partial charge is 0.120 e. The van der Waals surface area contributed by atoms with Gasteiger partial charge in [0.25, 0.3) is 0 Å². The van der Waals surface area contributed by atoms with Crippen LogP contribution >= 0.6 is 0 Å². The highest BCUT2D eigenvalue weighted by Crippen LogP contribution is 2.42. The van der Waals surface area contributed by atoms with Crippen LogP contribution in [0.4, 0.5) is 0 Å². The van der Waals surface area contributed by atoms with Crippen molar-refractivity contribution < 1.29 is 4.74 Å². The average molecular weight is 528 g/mol. The second-order valence-electron chi connectivity index (χ2n) is 9.90. The molecule has 5 rings (SSSR count). The monoisotopic (exact) mass is 527 g/mol. The van der Waals surface area contributed by atoms with Crippen molar-refractivity contribution in [3.8, 4) is 50.5 Å². The fourth-order valence-corrected chi connectivity index (χ4v) is 5.09. The topological polar surface area (TPSA) is 38.6 Å². The molecule has 0 fully saturated rings. The zero-order valence-corrected chi connectivity index (χ0v) is 23.5. The number of nitrogens with zero attached hydrogens (tertiary/aromatic N) is 2. The molecule has 40 heavy (non-hydrogen) atoms. The van der Waals surface area contributed by atoms with E-state index in [2.05, 4.69) is 145 Å². The Morgan fingerprint density at radius 1 is 0.725 bits per heavy atom. The molecule has 4 heteroatoms. The summed E-state index contributed by atoms with van der Waals surface area (Å²) in [5.74, 6) is 0.848. The fourth-order valence-electron chi connectivity index (χ4n) is 5.09. The summed E-state index contributed by atoms with van der Waals surface area (Å²) in [6.45, 7) is 7.75. The molecular weight excluding hydrogens is 490 g/mol. The summed E-state index contributed by atoms with van der Waals surface area (Å²) >= 11 is 0. The zero-order valence-electron chi connectivity index (χ0n) is 23.5. The van der Waals surface area contributed by atoms with E-state index < -0.39 is 0 Å². The van der Waals surface area contributed by atoms with Crippen molar-refractivity contribution in [1.29, 1.82) is 0 Å². The van der Waals surface area contributed by atoms with Crippen LogP contribution in [0.15, 0.2) is 120 Å². The predicted molar refractivity (Wildman–Crippen MR) is 169 cm³/mol. The van der Waals surface area contributed by atoms with E-state index in [1.54, 1.807) is 0 Å². The van der Waals surface area contributed by atoms with Gasteiger partial charge in [-0.2, -0.15) is 5.10 Å². The SMILES string of the molecule is CC/C=N\NC(C)COc1cccc(-c2ccccc2-c2cc(-c3ccccc3)c(-c3ccccc3)n2CC)c1. The second-order valence-corrected chi connectivity index (χ2v) is 9.90. The maximum absolute atomic E-state index is 6.15. The Kier molecular flexibility index (Phi) is 8.77. The highest BCUT2D eigenvalue weighted by molar-refractivity contribution is 5.91. The number of nitrogens with one attached hydrogen (secondary N) is 1. The molecule has 0 saturated carbocycles. The molecule has 1 N–H and O–H groups in total. The van der Waals surface area contributed by atoms with E-state index >= 15 is 0 Å². The van der Waals surface area contributed by atoms with Gasteiger partial charge in [-0.3, -0.25) is 0 Å². The third-order valence-corrected chi connectivity index (χ3v) is 6.96. The van der Waals surface area contributed by atoms with Crippen LogP contribution in [0.25, 0.3) is 44.8 Å². The number of rotatable bonds is 11. The fraction of sp³-hybridized carbons (Fsp3) is 0.194. The lowest BCUT2D eigenvalue weighted by atomic mass is 9.96. The first kappa shape index (κ1) is 27.0. The largest absolute Gasteiger partial charge is 0.491 e. The average Bonchev–Trinajstić information content (AvgIpc) is 3.41. The lowest BCUT2D eigenvalue weighted by Crippen LogP contribution is -2.27. The molecule has 0 radical (unpaired) electrons. The van der Waals surface area contributed by atoms with Crippen molar-refractivity contribution in [2.75, 3.05) is 6.61 Å². The normalized spacial score (nSPS) is 12.0. The van der Waals surface area contributed by atoms with Crippen LogP contribution in [0.3, 0.4) is 0 Å². The minimum atomic E-state index is 0.111. The number of benzene rings is 4. The van der Waals surface area contributed by atoms with Gasteiger partial charge in [0.1, 0.15) is 12.4 Å². The van der Waals surface area contributed by atoms with E-state index in [0.29, 0.717) is 6.61 Å². The summed E-state index contributed by atoms with van der Waals surface area (Å²) in [6, 6.07) is 40.9. The van der Waals surface area contributed by atoms with Crippen molar-refractivity contribution in [2.24, 2.45) is 5.10 Å². The Balaban J connectivity index is 1.56. The molecule has 5 aromatic rings. The number of hydrogen-bond acceptors (Lipinski definition) is 3. The molecule has 0 aliphatic rings. The molecular formula is C36H37N3O. The minimum Gasteiger partial charge on any atom is -0.491 e. The van der Waals surface area contributed by atoms with Crippen LogP contribution in [0.2, 0.25) is 0 Å². The molecule has 1 heterocycles. The Morgan fingerprint density at radius 2 is 1.38 bits per heavy atom. The lowest BCUT2D eigenvalue weighted by Gasteiger charge is -2.16. The molecule has 0 aliphatic heterocycles. The van der Waals surface area contributed by atoms with E-state index in [1.165, 1.54) is 39.2 Å². The van der Waals surface area contributed by atoms with E-state index in [9.17, 15) is 0 Å². The molecule has 4 aromatic carbocycles. The Hall–Kier alpha value is -4.57. The van der Waals surface area contributed by atoms with Crippen LogP contribution in [-0.4, -0.2) is 23.4 Å². The predicted octanol–water partition coefficient (Wildman–Crippen LogP) is 8.93. The first-order valence-corrected chi connectivity index (χ1v) is 14.1.